The Bertz CT molecular complexity index is 709. The lowest BCUT2D eigenvalue weighted by Gasteiger charge is -2.13. The van der Waals surface area contributed by atoms with Gasteiger partial charge in [-0.2, -0.15) is 0 Å². The van der Waals surface area contributed by atoms with Crippen LogP contribution in [0.5, 0.6) is 0 Å². The van der Waals surface area contributed by atoms with Crippen LogP contribution in [0.25, 0.3) is 0 Å². The van der Waals surface area contributed by atoms with E-state index >= 15 is 0 Å². The number of nitrogens with one attached hydrogen (secondary N) is 2. The number of hydrogen-bond acceptors (Lipinski definition) is 2. The van der Waals surface area contributed by atoms with Crippen LogP contribution in [-0.4, -0.2) is 11.8 Å². The summed E-state index contributed by atoms with van der Waals surface area (Å²) < 4.78 is 0. The minimum absolute atomic E-state index is 0.0132. The van der Waals surface area contributed by atoms with Crippen molar-refractivity contribution >= 4 is 17.5 Å². The van der Waals surface area contributed by atoms with E-state index < -0.39 is 0 Å². The van der Waals surface area contributed by atoms with Gasteiger partial charge < -0.3 is 10.6 Å². The van der Waals surface area contributed by atoms with E-state index in [1.807, 2.05) is 61.5 Å². The van der Waals surface area contributed by atoms with Crippen molar-refractivity contribution in [2.75, 3.05) is 5.32 Å². The molecular formula is C22H28N2O2. The van der Waals surface area contributed by atoms with Gasteiger partial charge in [-0.05, 0) is 35.1 Å². The molecule has 0 aliphatic heterocycles. The van der Waals surface area contributed by atoms with E-state index in [-0.39, 0.29) is 17.7 Å². The van der Waals surface area contributed by atoms with Crippen LogP contribution >= 0.6 is 0 Å². The van der Waals surface area contributed by atoms with Crippen LogP contribution in [0.15, 0.2) is 54.6 Å². The minimum atomic E-state index is -0.0642. The second-order valence-electron chi connectivity index (χ2n) is 7.10. The van der Waals surface area contributed by atoms with Gasteiger partial charge in [-0.3, -0.25) is 9.59 Å². The molecule has 0 unspecified atom stereocenters. The highest BCUT2D eigenvalue weighted by atomic mass is 16.2. The SMILES string of the molecule is CC(C)c1ccc(NC(=O)C[C@H](C)CC(=O)NCc2ccccc2)cc1. The monoisotopic (exact) mass is 352 g/mol. The summed E-state index contributed by atoms with van der Waals surface area (Å²) in [6.45, 7) is 6.71. The Morgan fingerprint density at radius 3 is 2.08 bits per heavy atom. The highest BCUT2D eigenvalue weighted by Crippen LogP contribution is 2.18. The molecule has 0 bridgehead atoms. The summed E-state index contributed by atoms with van der Waals surface area (Å²) in [5, 5.41) is 5.80. The van der Waals surface area contributed by atoms with Crippen molar-refractivity contribution in [3.05, 3.63) is 65.7 Å². The van der Waals surface area contributed by atoms with Gasteiger partial charge in [0.05, 0.1) is 0 Å². The van der Waals surface area contributed by atoms with E-state index in [2.05, 4.69) is 24.5 Å². The molecule has 0 spiro atoms. The van der Waals surface area contributed by atoms with Crippen LogP contribution in [0.1, 0.15) is 50.7 Å². The molecule has 26 heavy (non-hydrogen) atoms. The average molecular weight is 352 g/mol. The van der Waals surface area contributed by atoms with Crippen molar-refractivity contribution < 1.29 is 9.59 Å². The van der Waals surface area contributed by atoms with E-state index in [0.717, 1.165) is 11.3 Å². The first kappa shape index (κ1) is 19.7. The van der Waals surface area contributed by atoms with Gasteiger partial charge in [0.2, 0.25) is 11.8 Å². The molecule has 0 saturated carbocycles. The van der Waals surface area contributed by atoms with Crippen molar-refractivity contribution in [3.8, 4) is 0 Å². The second kappa shape index (κ2) is 9.76. The second-order valence-corrected chi connectivity index (χ2v) is 7.10. The standard InChI is InChI=1S/C22H28N2O2/c1-16(2)19-9-11-20(12-10-19)24-22(26)14-17(3)13-21(25)23-15-18-7-5-4-6-8-18/h4-12,16-17H,13-15H2,1-3H3,(H,23,25)(H,24,26)/t17-/m1/s1. The normalized spacial score (nSPS) is 11.8. The maximum Gasteiger partial charge on any atom is 0.224 e. The fraction of sp³-hybridized carbons (Fsp3) is 0.364. The fourth-order valence-electron chi connectivity index (χ4n) is 2.74. The Kier molecular flexibility index (Phi) is 7.39. The zero-order valence-electron chi connectivity index (χ0n) is 15.8. The van der Waals surface area contributed by atoms with Crippen molar-refractivity contribution in [1.82, 2.24) is 5.32 Å². The van der Waals surface area contributed by atoms with Gasteiger partial charge in [-0.25, -0.2) is 0 Å². The van der Waals surface area contributed by atoms with E-state index in [1.54, 1.807) is 0 Å². The number of benzene rings is 2. The summed E-state index contributed by atoms with van der Waals surface area (Å²) in [5.74, 6) is 0.357. The molecule has 2 amide bonds. The fourth-order valence-corrected chi connectivity index (χ4v) is 2.74. The summed E-state index contributed by atoms with van der Waals surface area (Å²) >= 11 is 0. The molecule has 1 atom stereocenters. The topological polar surface area (TPSA) is 58.2 Å². The van der Waals surface area contributed by atoms with Crippen LogP contribution in [0.3, 0.4) is 0 Å². The predicted octanol–water partition coefficient (Wildman–Crippen LogP) is 4.48. The molecule has 4 nitrogen and oxygen atoms in total. The van der Waals surface area contributed by atoms with Gasteiger partial charge in [0.15, 0.2) is 0 Å². The van der Waals surface area contributed by atoms with Crippen molar-refractivity contribution in [2.45, 2.75) is 46.1 Å². The predicted molar refractivity (Wildman–Crippen MR) is 106 cm³/mol. The summed E-state index contributed by atoms with van der Waals surface area (Å²) in [5.41, 5.74) is 3.10. The molecule has 2 N–H and O–H groups in total. The van der Waals surface area contributed by atoms with Crippen LogP contribution in [0.4, 0.5) is 5.69 Å². The number of rotatable bonds is 8. The molecule has 138 valence electrons. The Labute approximate surface area is 156 Å². The molecule has 0 aliphatic carbocycles. The van der Waals surface area contributed by atoms with Crippen LogP contribution < -0.4 is 10.6 Å². The van der Waals surface area contributed by atoms with Crippen molar-refractivity contribution in [3.63, 3.8) is 0 Å². The largest absolute Gasteiger partial charge is 0.352 e. The van der Waals surface area contributed by atoms with Crippen LogP contribution in [0, 0.1) is 5.92 Å². The lowest BCUT2D eigenvalue weighted by atomic mass is 10.0. The highest BCUT2D eigenvalue weighted by Gasteiger charge is 2.13. The van der Waals surface area contributed by atoms with Crippen LogP contribution in [0.2, 0.25) is 0 Å². The number of carbonyl (C=O) groups excluding carboxylic acids is 2. The maximum atomic E-state index is 12.2. The molecule has 0 aliphatic rings. The number of carbonyl (C=O) groups is 2. The summed E-state index contributed by atoms with van der Waals surface area (Å²) in [4.78, 5) is 24.2. The third kappa shape index (κ3) is 6.71. The zero-order valence-corrected chi connectivity index (χ0v) is 15.8. The first-order chi connectivity index (χ1) is 12.4. The smallest absolute Gasteiger partial charge is 0.224 e. The van der Waals surface area contributed by atoms with Gasteiger partial charge in [-0.1, -0.05) is 63.2 Å². The molecule has 0 saturated heterocycles. The molecule has 2 aromatic carbocycles. The third-order valence-corrected chi connectivity index (χ3v) is 4.26. The summed E-state index contributed by atoms with van der Waals surface area (Å²) in [6, 6.07) is 17.7. The molecule has 2 aromatic rings. The van der Waals surface area contributed by atoms with Gasteiger partial charge in [-0.15, -0.1) is 0 Å². The molecule has 0 heterocycles. The highest BCUT2D eigenvalue weighted by molar-refractivity contribution is 5.91. The average Bonchev–Trinajstić information content (AvgIpc) is 2.61. The molecule has 0 aromatic heterocycles. The Morgan fingerprint density at radius 1 is 0.846 bits per heavy atom. The Balaban J connectivity index is 1.73. The van der Waals surface area contributed by atoms with Crippen molar-refractivity contribution in [2.24, 2.45) is 5.92 Å². The van der Waals surface area contributed by atoms with E-state index in [4.69, 9.17) is 0 Å². The van der Waals surface area contributed by atoms with Gasteiger partial charge in [0, 0.05) is 25.1 Å². The zero-order chi connectivity index (χ0) is 18.9. The van der Waals surface area contributed by atoms with Gasteiger partial charge in [0.1, 0.15) is 0 Å². The first-order valence-electron chi connectivity index (χ1n) is 9.14. The maximum absolute atomic E-state index is 12.2. The molecule has 2 rings (SSSR count). The van der Waals surface area contributed by atoms with Gasteiger partial charge in [0.25, 0.3) is 0 Å². The van der Waals surface area contributed by atoms with Gasteiger partial charge >= 0.3 is 0 Å². The van der Waals surface area contributed by atoms with Crippen LogP contribution in [-0.2, 0) is 16.1 Å². The Hall–Kier alpha value is -2.62. The quantitative estimate of drug-likeness (QED) is 0.736. The number of hydrogen-bond donors (Lipinski definition) is 2. The first-order valence-corrected chi connectivity index (χ1v) is 9.14. The molecule has 0 radical (unpaired) electrons. The number of amides is 2. The summed E-state index contributed by atoms with van der Waals surface area (Å²) in [7, 11) is 0. The third-order valence-electron chi connectivity index (χ3n) is 4.26. The van der Waals surface area contributed by atoms with E-state index in [1.165, 1.54) is 5.56 Å². The van der Waals surface area contributed by atoms with E-state index in [9.17, 15) is 9.59 Å². The lowest BCUT2D eigenvalue weighted by molar-refractivity contribution is -0.122. The number of anilines is 1. The Morgan fingerprint density at radius 2 is 1.46 bits per heavy atom. The molecule has 4 heteroatoms. The molecule has 0 fully saturated rings. The summed E-state index contributed by atoms with van der Waals surface area (Å²) in [6.07, 6.45) is 0.664. The molecular weight excluding hydrogens is 324 g/mol. The van der Waals surface area contributed by atoms with E-state index in [0.29, 0.717) is 25.3 Å². The minimum Gasteiger partial charge on any atom is -0.352 e. The lowest BCUT2D eigenvalue weighted by Crippen LogP contribution is -2.26. The van der Waals surface area contributed by atoms with Crippen molar-refractivity contribution in [1.29, 1.82) is 0 Å².